The number of hydrogen-bond donors (Lipinski definition) is 0. The number of hydrogen-bond acceptors (Lipinski definition) is 6. The third kappa shape index (κ3) is 14.1. The van der Waals surface area contributed by atoms with Crippen molar-refractivity contribution in [3.63, 3.8) is 0 Å². The van der Waals surface area contributed by atoms with E-state index in [9.17, 15) is 0 Å². The van der Waals surface area contributed by atoms with E-state index in [1.807, 2.05) is 34.0 Å². The second-order valence-corrected chi connectivity index (χ2v) is 37.1. The molecule has 0 unspecified atom stereocenters. The van der Waals surface area contributed by atoms with Gasteiger partial charge in [0.2, 0.25) is 0 Å². The molecule has 6 nitrogen and oxygen atoms in total. The number of thiophene rings is 3. The molecule has 0 saturated carbocycles. The highest BCUT2D eigenvalue weighted by molar-refractivity contribution is 7.28. The van der Waals surface area contributed by atoms with Crippen molar-refractivity contribution in [3.05, 3.63) is 510 Å². The summed E-state index contributed by atoms with van der Waals surface area (Å²) in [5.74, 6) is 0. The van der Waals surface area contributed by atoms with E-state index in [4.69, 9.17) is 0 Å². The molecule has 0 atom stereocenters. The molecule has 636 valence electrons. The van der Waals surface area contributed by atoms with Crippen LogP contribution in [0.2, 0.25) is 0 Å². The van der Waals surface area contributed by atoms with Crippen molar-refractivity contribution >= 4 is 211 Å². The van der Waals surface area contributed by atoms with Crippen LogP contribution in [0.3, 0.4) is 0 Å². The number of rotatable bonds is 15. The van der Waals surface area contributed by atoms with Crippen LogP contribution in [0.25, 0.3) is 176 Å². The summed E-state index contributed by atoms with van der Waals surface area (Å²) in [6.07, 6.45) is 0. The number of fused-ring (bicyclic) bond motifs is 18. The molecule has 0 fully saturated rings. The van der Waals surface area contributed by atoms with Gasteiger partial charge in [0.15, 0.2) is 0 Å². The highest BCUT2D eigenvalue weighted by atomic mass is 32.1. The van der Waals surface area contributed by atoms with Gasteiger partial charge in [-0.2, -0.15) is 0 Å². The fourth-order valence-corrected chi connectivity index (χ4v) is 24.3. The second kappa shape index (κ2) is 34.4. The lowest BCUT2D eigenvalue weighted by molar-refractivity contribution is 1.19. The summed E-state index contributed by atoms with van der Waals surface area (Å²) in [5, 5.41) is 15.1. The molecular weight excluding hydrogens is 1690 g/mol. The van der Waals surface area contributed by atoms with E-state index in [2.05, 4.69) is 538 Å². The molecule has 6 aromatic heterocycles. The highest BCUT2D eigenvalue weighted by Gasteiger charge is 2.29. The van der Waals surface area contributed by atoms with Crippen molar-refractivity contribution in [1.82, 2.24) is 13.7 Å². The first-order valence-electron chi connectivity index (χ1n) is 45.9. The summed E-state index contributed by atoms with van der Waals surface area (Å²) in [7, 11) is 0. The average Bonchev–Trinajstić information content (AvgIpc) is 1.56. The summed E-state index contributed by atoms with van der Waals surface area (Å²) in [6.45, 7) is 0. The molecule has 27 aromatic rings. The zero-order valence-electron chi connectivity index (χ0n) is 73.4. The van der Waals surface area contributed by atoms with Crippen molar-refractivity contribution in [2.45, 2.75) is 0 Å². The van der Waals surface area contributed by atoms with Crippen molar-refractivity contribution in [1.29, 1.82) is 0 Å². The highest BCUT2D eigenvalue weighted by Crippen LogP contribution is 2.55. The Balaban J connectivity index is 0.000000109. The Hall–Kier alpha value is -16.9. The minimum Gasteiger partial charge on any atom is -0.308 e. The third-order valence-electron chi connectivity index (χ3n) is 26.3. The van der Waals surface area contributed by atoms with Gasteiger partial charge in [0.05, 0.1) is 95.4 Å². The van der Waals surface area contributed by atoms with Crippen LogP contribution in [-0.4, -0.2) is 13.7 Å². The minimum absolute atomic E-state index is 1.11. The largest absolute Gasteiger partial charge is 0.308 e. The Morgan fingerprint density at radius 3 is 0.822 bits per heavy atom. The molecule has 0 aliphatic heterocycles. The van der Waals surface area contributed by atoms with E-state index in [0.717, 1.165) is 22.7 Å². The summed E-state index contributed by atoms with van der Waals surface area (Å²) >= 11 is 5.68. The maximum atomic E-state index is 2.46. The Morgan fingerprint density at radius 1 is 0.148 bits per heavy atom. The summed E-state index contributed by atoms with van der Waals surface area (Å²) < 4.78 is 15.1. The van der Waals surface area contributed by atoms with Gasteiger partial charge in [-0.1, -0.05) is 382 Å². The molecule has 0 aliphatic carbocycles. The maximum absolute atomic E-state index is 2.46. The lowest BCUT2D eigenvalue weighted by Gasteiger charge is -2.28. The van der Waals surface area contributed by atoms with Crippen molar-refractivity contribution in [2.24, 2.45) is 0 Å². The first-order chi connectivity index (χ1) is 67.1. The van der Waals surface area contributed by atoms with Gasteiger partial charge in [0, 0.05) is 82.8 Å². The Kier molecular flexibility index (Phi) is 20.4. The van der Waals surface area contributed by atoms with Gasteiger partial charge in [-0.25, -0.2) is 0 Å². The van der Waals surface area contributed by atoms with Gasteiger partial charge in [0.1, 0.15) is 0 Å². The normalized spacial score (nSPS) is 11.6. The molecule has 9 heteroatoms. The molecule has 0 aliphatic rings. The average molecular weight is 1780 g/mol. The van der Waals surface area contributed by atoms with Gasteiger partial charge >= 0.3 is 0 Å². The third-order valence-corrected chi connectivity index (χ3v) is 30.1. The molecule has 6 heterocycles. The molecule has 0 bridgehead atoms. The van der Waals surface area contributed by atoms with Crippen molar-refractivity contribution in [3.8, 4) is 50.4 Å². The molecule has 0 spiro atoms. The minimum atomic E-state index is 1.11. The molecule has 0 amide bonds. The van der Waals surface area contributed by atoms with Crippen LogP contribution in [0, 0.1) is 0 Å². The molecule has 27 rings (SSSR count). The van der Waals surface area contributed by atoms with Crippen LogP contribution in [0.1, 0.15) is 0 Å². The van der Waals surface area contributed by atoms with E-state index < -0.39 is 0 Å². The monoisotopic (exact) mass is 1780 g/mol. The van der Waals surface area contributed by atoms with E-state index in [0.29, 0.717) is 0 Å². The van der Waals surface area contributed by atoms with E-state index in [-0.39, 0.29) is 0 Å². The molecule has 0 N–H and O–H groups in total. The smallest absolute Gasteiger partial charge is 0.0728 e. The number of nitrogens with zero attached hydrogens (tertiary/aromatic N) is 6. The van der Waals surface area contributed by atoms with Crippen molar-refractivity contribution < 1.29 is 0 Å². The van der Waals surface area contributed by atoms with Gasteiger partial charge in [-0.15, -0.1) is 34.0 Å². The number of para-hydroxylation sites is 8. The number of benzene rings is 21. The molecule has 21 aromatic carbocycles. The fraction of sp³-hybridized carbons (Fsp3) is 0. The van der Waals surface area contributed by atoms with Crippen LogP contribution in [0.4, 0.5) is 51.2 Å². The van der Waals surface area contributed by atoms with Gasteiger partial charge in [-0.05, 0) is 177 Å². The first kappa shape index (κ1) is 80.2. The zero-order chi connectivity index (χ0) is 89.2. The summed E-state index contributed by atoms with van der Waals surface area (Å²) in [5.41, 5.74) is 28.7. The molecule has 0 saturated heterocycles. The van der Waals surface area contributed by atoms with E-state index >= 15 is 0 Å². The van der Waals surface area contributed by atoms with Crippen LogP contribution in [0.15, 0.2) is 510 Å². The topological polar surface area (TPSA) is 24.5 Å². The number of aromatic nitrogens is 3. The maximum Gasteiger partial charge on any atom is 0.0728 e. The lowest BCUT2D eigenvalue weighted by atomic mass is 9.97. The predicted octanol–water partition coefficient (Wildman–Crippen LogP) is 36.9. The molecule has 135 heavy (non-hydrogen) atoms. The Labute approximate surface area is 793 Å². The zero-order valence-corrected chi connectivity index (χ0v) is 75.9. The van der Waals surface area contributed by atoms with Gasteiger partial charge in [-0.3, -0.25) is 0 Å². The predicted molar refractivity (Wildman–Crippen MR) is 581 cm³/mol. The second-order valence-electron chi connectivity index (χ2n) is 34.1. The van der Waals surface area contributed by atoms with Crippen LogP contribution < -0.4 is 14.7 Å². The lowest BCUT2D eigenvalue weighted by Crippen LogP contribution is -2.11. The van der Waals surface area contributed by atoms with Gasteiger partial charge in [0.25, 0.3) is 0 Å². The fourth-order valence-electron chi connectivity index (χ4n) is 20.3. The standard InChI is InChI=1S/C48H32N2S.C42H28N2S.C36H24N2S/c1-3-15-34(16-4-1)40-22-9-11-26-43(40)49(37-31-29-35(30-32-37)39-24-13-18-33-17-7-8-21-38(33)39)45-28-14-25-42-46-48(51-47(42)45)41-23-10-12-27-44(41)50(46)36-19-5-2-6-20-36;1-3-13-29(14-4-1)30-25-27-33(28-26-30)43(37-23-11-16-31-15-7-8-19-34(31)37)39-24-12-21-36-40-42(45-41(36)39)35-20-9-10-22-38(35)44(40)32-17-5-2-6-18-32;1-3-15-26(16-4-1)37(31-23-11-14-25-13-7-8-19-28(25)31)33-24-12-21-30-34-36(39-35(30)33)29-20-9-10-22-32(29)38(34)27-17-5-2-6-18-27/h1-32H;1-28H;1-24H. The number of anilines is 9. The van der Waals surface area contributed by atoms with Crippen LogP contribution in [-0.2, 0) is 0 Å². The molecular formula is C126H84N6S3. The Bertz CT molecular complexity index is 9100. The van der Waals surface area contributed by atoms with Crippen LogP contribution in [0.5, 0.6) is 0 Å². The first-order valence-corrected chi connectivity index (χ1v) is 48.3. The summed E-state index contributed by atoms with van der Waals surface area (Å²) in [4.78, 5) is 7.33. The quantitative estimate of drug-likeness (QED) is 0.102. The van der Waals surface area contributed by atoms with Crippen molar-refractivity contribution in [2.75, 3.05) is 14.7 Å². The molecule has 0 radical (unpaired) electrons. The van der Waals surface area contributed by atoms with E-state index in [1.54, 1.807) is 0 Å². The SMILES string of the molecule is c1ccc(-c2ccc(N(c3cccc4ccccc34)c3cccc4c3sc3c5ccccc5n(-c5ccccc5)c43)cc2)cc1.c1ccc(-c2ccccc2N(c2ccc(-c3cccc4ccccc34)cc2)c2cccc3c2sc2c4ccccc4n(-c4ccccc4)c32)cc1.c1ccc(N(c2cccc3ccccc23)c2cccc3c2sc2c4ccccc4n(-c4ccccc4)c32)cc1. The van der Waals surface area contributed by atoms with Gasteiger partial charge < -0.3 is 28.4 Å². The summed E-state index contributed by atoms with van der Waals surface area (Å²) in [6, 6.07) is 184. The van der Waals surface area contributed by atoms with E-state index in [1.165, 1.54) is 205 Å². The van der Waals surface area contributed by atoms with Crippen LogP contribution >= 0.6 is 34.0 Å². The Morgan fingerprint density at radius 2 is 0.400 bits per heavy atom.